The molecule has 0 atom stereocenters. The Morgan fingerprint density at radius 3 is 1.55 bits per heavy atom. The minimum atomic E-state index is -0.817. The number of hydrogen-bond acceptors (Lipinski definition) is 13. The van der Waals surface area contributed by atoms with Crippen molar-refractivity contribution in [2.75, 3.05) is 0 Å². The SMILES string of the molecule is C.O=C(Cl)c1ccccc1[N+](=O)[O-].O=C(Sc1nc2c3c(ccc2[nH]1)C(=O)c1ccccc1C3=O)c1ccccc1[N+](=O)[O-].O=C1c2ccccc2C(=O)c2c1ccc1[nH]c(=S)[nH]c21. The average molecular weight is 911 g/mol. The molecule has 0 spiro atoms. The fourth-order valence-corrected chi connectivity index (χ4v) is 8.24. The van der Waals surface area contributed by atoms with Crippen molar-refractivity contribution in [3.05, 3.63) is 202 Å². The Morgan fingerprint density at radius 2 is 1.02 bits per heavy atom. The smallest absolute Gasteiger partial charge is 0.281 e. The predicted molar refractivity (Wildman–Crippen MR) is 239 cm³/mol. The summed E-state index contributed by atoms with van der Waals surface area (Å²) in [5, 5.41) is 20.3. The summed E-state index contributed by atoms with van der Waals surface area (Å²) in [6, 6.07) is 31.3. The van der Waals surface area contributed by atoms with Gasteiger partial charge in [-0.2, -0.15) is 0 Å². The fraction of sp³-hybridized carbons (Fsp3) is 0.0222. The summed E-state index contributed by atoms with van der Waals surface area (Å²) in [5.74, 6) is -0.854. The van der Waals surface area contributed by atoms with Crippen LogP contribution in [0, 0.1) is 25.0 Å². The van der Waals surface area contributed by atoms with Gasteiger partial charge >= 0.3 is 0 Å². The molecule has 316 valence electrons. The van der Waals surface area contributed by atoms with Crippen LogP contribution in [0.5, 0.6) is 0 Å². The minimum Gasteiger partial charge on any atom is -0.333 e. The number of nitro groups is 2. The van der Waals surface area contributed by atoms with Gasteiger partial charge in [0.05, 0.1) is 37.5 Å². The molecule has 0 aliphatic heterocycles. The zero-order chi connectivity index (χ0) is 44.7. The van der Waals surface area contributed by atoms with E-state index < -0.39 is 20.2 Å². The van der Waals surface area contributed by atoms with Gasteiger partial charge in [0.2, 0.25) is 5.12 Å². The number of carbonyl (C=O) groups excluding carboxylic acids is 6. The molecule has 0 bridgehead atoms. The number of benzene rings is 6. The Kier molecular flexibility index (Phi) is 12.2. The number of hydrogen-bond donors (Lipinski definition) is 3. The highest BCUT2D eigenvalue weighted by molar-refractivity contribution is 8.14. The molecular formula is C45H27ClN6O10S2. The molecule has 0 unspecified atom stereocenters. The Bertz CT molecular complexity index is 3380. The molecular weight excluding hydrogens is 884 g/mol. The molecule has 10 rings (SSSR count). The molecule has 8 aromatic rings. The summed E-state index contributed by atoms with van der Waals surface area (Å²) in [6.45, 7) is 0. The third-order valence-corrected chi connectivity index (χ3v) is 11.1. The van der Waals surface area contributed by atoms with E-state index in [0.717, 1.165) is 5.52 Å². The van der Waals surface area contributed by atoms with Crippen molar-refractivity contribution in [3.63, 3.8) is 0 Å². The molecule has 6 aromatic carbocycles. The van der Waals surface area contributed by atoms with Crippen molar-refractivity contribution in [2.24, 2.45) is 0 Å². The van der Waals surface area contributed by atoms with E-state index in [1.54, 1.807) is 72.8 Å². The lowest BCUT2D eigenvalue weighted by Crippen LogP contribution is -2.21. The van der Waals surface area contributed by atoms with Gasteiger partial charge in [-0.1, -0.05) is 80.2 Å². The number of nitro benzene ring substituents is 2. The monoisotopic (exact) mass is 910 g/mol. The van der Waals surface area contributed by atoms with E-state index in [4.69, 9.17) is 23.8 Å². The molecule has 0 fully saturated rings. The zero-order valence-corrected chi connectivity index (χ0v) is 34.1. The number of thioether (sulfide) groups is 1. The van der Waals surface area contributed by atoms with Crippen molar-refractivity contribution < 1.29 is 38.6 Å². The number of para-hydroxylation sites is 2. The van der Waals surface area contributed by atoms with E-state index in [-0.39, 0.29) is 74.9 Å². The summed E-state index contributed by atoms with van der Waals surface area (Å²) < 4.78 is 0.438. The summed E-state index contributed by atoms with van der Waals surface area (Å²) in [7, 11) is 0. The lowest BCUT2D eigenvalue weighted by atomic mass is 9.83. The van der Waals surface area contributed by atoms with Crippen LogP contribution in [0.1, 0.15) is 91.8 Å². The maximum atomic E-state index is 13.1. The second kappa shape index (κ2) is 17.7. The van der Waals surface area contributed by atoms with E-state index in [0.29, 0.717) is 60.9 Å². The van der Waals surface area contributed by atoms with Crippen LogP contribution < -0.4 is 0 Å². The Hall–Kier alpha value is -8.06. The first-order valence-electron chi connectivity index (χ1n) is 18.3. The van der Waals surface area contributed by atoms with Crippen molar-refractivity contribution in [1.82, 2.24) is 19.9 Å². The number of H-pyrrole nitrogens is 3. The highest BCUT2D eigenvalue weighted by Crippen LogP contribution is 2.35. The highest BCUT2D eigenvalue weighted by Gasteiger charge is 2.33. The van der Waals surface area contributed by atoms with Crippen LogP contribution in [0.15, 0.2) is 126 Å². The van der Waals surface area contributed by atoms with E-state index in [1.165, 1.54) is 48.5 Å². The number of imidazole rings is 2. The number of nitrogens with one attached hydrogen (secondary N) is 3. The zero-order valence-electron chi connectivity index (χ0n) is 31.7. The van der Waals surface area contributed by atoms with Crippen LogP contribution in [0.25, 0.3) is 22.1 Å². The molecule has 0 amide bonds. The molecule has 2 aliphatic rings. The van der Waals surface area contributed by atoms with Crippen LogP contribution in [-0.2, 0) is 0 Å². The van der Waals surface area contributed by atoms with Crippen LogP contribution >= 0.6 is 35.6 Å². The third-order valence-electron chi connectivity index (χ3n) is 9.92. The predicted octanol–water partition coefficient (Wildman–Crippen LogP) is 9.79. The Balaban J connectivity index is 0.000000159. The number of aromatic nitrogens is 4. The topological polar surface area (TPSA) is 249 Å². The Labute approximate surface area is 374 Å². The highest BCUT2D eigenvalue weighted by atomic mass is 35.5. The number of aromatic amines is 3. The van der Waals surface area contributed by atoms with Gasteiger partial charge in [-0.25, -0.2) is 4.98 Å². The first-order valence-corrected chi connectivity index (χ1v) is 19.9. The van der Waals surface area contributed by atoms with Crippen molar-refractivity contribution in [1.29, 1.82) is 0 Å². The van der Waals surface area contributed by atoms with Crippen LogP contribution in [-0.4, -0.2) is 63.3 Å². The molecule has 0 saturated heterocycles. The maximum Gasteiger partial charge on any atom is 0.281 e. The number of fused-ring (bicyclic) bond motifs is 8. The minimum absolute atomic E-state index is 0. The van der Waals surface area contributed by atoms with Gasteiger partial charge in [0.25, 0.3) is 16.6 Å². The van der Waals surface area contributed by atoms with E-state index in [9.17, 15) is 49.0 Å². The van der Waals surface area contributed by atoms with Gasteiger partial charge in [-0.15, -0.1) is 0 Å². The number of carbonyl (C=O) groups is 6. The molecule has 3 N–H and O–H groups in total. The summed E-state index contributed by atoms with van der Waals surface area (Å²) in [6.07, 6.45) is 0. The van der Waals surface area contributed by atoms with Gasteiger partial charge in [-0.05, 0) is 72.0 Å². The van der Waals surface area contributed by atoms with Gasteiger partial charge in [0, 0.05) is 45.5 Å². The van der Waals surface area contributed by atoms with Gasteiger partial charge in [-0.3, -0.25) is 49.0 Å². The molecule has 0 saturated carbocycles. The number of nitrogens with zero attached hydrogens (tertiary/aromatic N) is 3. The van der Waals surface area contributed by atoms with Crippen LogP contribution in [0.4, 0.5) is 11.4 Å². The summed E-state index contributed by atoms with van der Waals surface area (Å²) in [5.41, 5.74) is 4.20. The number of rotatable bonds is 5. The van der Waals surface area contributed by atoms with Crippen molar-refractivity contribution in [3.8, 4) is 0 Å². The van der Waals surface area contributed by atoms with Gasteiger partial charge in [0.15, 0.2) is 33.1 Å². The average Bonchev–Trinajstić information content (AvgIpc) is 3.89. The molecule has 19 heteroatoms. The van der Waals surface area contributed by atoms with E-state index in [2.05, 4.69) is 19.9 Å². The van der Waals surface area contributed by atoms with Crippen molar-refractivity contribution >= 4 is 103 Å². The first-order chi connectivity index (χ1) is 30.2. The standard InChI is InChI=1S/C22H11N3O5S.C15H8N2O2S.C7H4ClNO3.CH4/c26-19-11-5-1-2-6-12(11)20(27)17-14(19)9-10-15-18(17)24-22(23-15)31-21(28)13-7-3-4-8-16(13)25(29)30;18-13-7-3-1-2-4-8(7)14(19)11-9(13)5-6-10-12(11)17-15(20)16-10;8-7(10)5-3-1-2-4-6(5)9(11)12;/h1-10H,(H,23,24);1-6H,(H2,16,17,20);1-4H;1H4. The third kappa shape index (κ3) is 7.95. The quantitative estimate of drug-likeness (QED) is 0.0479. The summed E-state index contributed by atoms with van der Waals surface area (Å²) in [4.78, 5) is 108. The van der Waals surface area contributed by atoms with Crippen LogP contribution in [0.3, 0.4) is 0 Å². The summed E-state index contributed by atoms with van der Waals surface area (Å²) >= 11 is 10.9. The number of ketones is 4. The largest absolute Gasteiger partial charge is 0.333 e. The number of halogens is 1. The molecule has 0 radical (unpaired) electrons. The first kappa shape index (κ1) is 44.0. The van der Waals surface area contributed by atoms with E-state index in [1.807, 2.05) is 0 Å². The second-order valence-electron chi connectivity index (χ2n) is 13.5. The van der Waals surface area contributed by atoms with Gasteiger partial charge in [0.1, 0.15) is 16.6 Å². The lowest BCUT2D eigenvalue weighted by Gasteiger charge is -2.17. The molecule has 2 aromatic heterocycles. The fourth-order valence-electron chi connectivity index (χ4n) is 7.11. The van der Waals surface area contributed by atoms with Crippen LogP contribution in [0.2, 0.25) is 0 Å². The second-order valence-corrected chi connectivity index (χ2v) is 15.2. The Morgan fingerprint density at radius 1 is 0.562 bits per heavy atom. The normalized spacial score (nSPS) is 12.0. The maximum absolute atomic E-state index is 13.1. The van der Waals surface area contributed by atoms with Gasteiger partial charge < -0.3 is 15.0 Å². The molecule has 16 nitrogen and oxygen atoms in total. The molecule has 2 aliphatic carbocycles. The van der Waals surface area contributed by atoms with E-state index >= 15 is 0 Å². The lowest BCUT2D eigenvalue weighted by molar-refractivity contribution is -0.385. The van der Waals surface area contributed by atoms with Crippen molar-refractivity contribution in [2.45, 2.75) is 12.6 Å². The molecule has 2 heterocycles. The molecule has 64 heavy (non-hydrogen) atoms.